The monoisotopic (exact) mass is 235 g/mol. The van der Waals surface area contributed by atoms with E-state index in [1.807, 2.05) is 7.05 Å². The molecule has 0 heterocycles. The highest BCUT2D eigenvalue weighted by molar-refractivity contribution is 7.91. The first-order valence-electron chi connectivity index (χ1n) is 5.80. The van der Waals surface area contributed by atoms with Gasteiger partial charge in [-0.1, -0.05) is 27.2 Å². The molecule has 0 aromatic heterocycles. The molecular weight excluding hydrogens is 210 g/mol. The van der Waals surface area contributed by atoms with Crippen molar-refractivity contribution in [2.75, 3.05) is 18.6 Å². The highest BCUT2D eigenvalue weighted by Gasteiger charge is 2.11. The van der Waals surface area contributed by atoms with E-state index in [2.05, 4.69) is 19.2 Å². The largest absolute Gasteiger partial charge is 0.317 e. The van der Waals surface area contributed by atoms with Gasteiger partial charge in [0.15, 0.2) is 0 Å². The molecule has 0 spiro atoms. The summed E-state index contributed by atoms with van der Waals surface area (Å²) < 4.78 is 22.5. The van der Waals surface area contributed by atoms with E-state index in [0.717, 1.165) is 19.3 Å². The van der Waals surface area contributed by atoms with E-state index in [4.69, 9.17) is 0 Å². The molecule has 3 nitrogen and oxygen atoms in total. The van der Waals surface area contributed by atoms with E-state index in [1.165, 1.54) is 0 Å². The van der Waals surface area contributed by atoms with E-state index < -0.39 is 9.84 Å². The van der Waals surface area contributed by atoms with Gasteiger partial charge in [0.1, 0.15) is 9.84 Å². The fourth-order valence-electron chi connectivity index (χ4n) is 1.64. The van der Waals surface area contributed by atoms with Crippen molar-refractivity contribution in [1.29, 1.82) is 0 Å². The molecule has 1 N–H and O–H groups in total. The first-order chi connectivity index (χ1) is 6.93. The third-order valence-corrected chi connectivity index (χ3v) is 4.63. The average molecular weight is 235 g/mol. The summed E-state index contributed by atoms with van der Waals surface area (Å²) in [4.78, 5) is 0. The Morgan fingerprint density at radius 1 is 1.20 bits per heavy atom. The molecule has 0 aliphatic rings. The Morgan fingerprint density at radius 3 is 2.20 bits per heavy atom. The average Bonchev–Trinajstić information content (AvgIpc) is 2.17. The summed E-state index contributed by atoms with van der Waals surface area (Å²) in [6, 6.07) is 0.509. The van der Waals surface area contributed by atoms with Crippen LogP contribution in [0, 0.1) is 5.92 Å². The molecule has 0 amide bonds. The maximum absolute atomic E-state index is 11.2. The summed E-state index contributed by atoms with van der Waals surface area (Å²) in [5.74, 6) is 1.22. The van der Waals surface area contributed by atoms with Crippen LogP contribution in [0.5, 0.6) is 0 Å². The van der Waals surface area contributed by atoms with Gasteiger partial charge in [-0.15, -0.1) is 0 Å². The van der Waals surface area contributed by atoms with E-state index in [1.54, 1.807) is 6.92 Å². The second kappa shape index (κ2) is 7.23. The summed E-state index contributed by atoms with van der Waals surface area (Å²) in [6.45, 7) is 6.08. The lowest BCUT2D eigenvalue weighted by atomic mass is 9.99. The molecule has 0 saturated carbocycles. The molecule has 15 heavy (non-hydrogen) atoms. The molecule has 0 bridgehead atoms. The Kier molecular flexibility index (Phi) is 7.18. The zero-order chi connectivity index (χ0) is 11.9. The van der Waals surface area contributed by atoms with Crippen molar-refractivity contribution in [3.63, 3.8) is 0 Å². The van der Waals surface area contributed by atoms with E-state index in [-0.39, 0.29) is 5.75 Å². The number of hydrogen-bond acceptors (Lipinski definition) is 3. The number of hydrogen-bond donors (Lipinski definition) is 1. The SMILES string of the molecule is CCS(=O)(=O)CCCCC(NC)C(C)C. The van der Waals surface area contributed by atoms with Crippen LogP contribution in [0.25, 0.3) is 0 Å². The topological polar surface area (TPSA) is 46.2 Å². The molecule has 0 aliphatic carbocycles. The Morgan fingerprint density at radius 2 is 1.80 bits per heavy atom. The highest BCUT2D eigenvalue weighted by Crippen LogP contribution is 2.10. The molecule has 0 fully saturated rings. The second-order valence-corrected chi connectivity index (χ2v) is 6.84. The molecule has 1 unspecified atom stereocenters. The van der Waals surface area contributed by atoms with Crippen molar-refractivity contribution in [3.05, 3.63) is 0 Å². The van der Waals surface area contributed by atoms with Gasteiger partial charge in [-0.3, -0.25) is 0 Å². The summed E-state index contributed by atoms with van der Waals surface area (Å²) >= 11 is 0. The second-order valence-electron chi connectivity index (χ2n) is 4.37. The van der Waals surface area contributed by atoms with E-state index >= 15 is 0 Å². The summed E-state index contributed by atoms with van der Waals surface area (Å²) in [5, 5.41) is 3.26. The predicted molar refractivity (Wildman–Crippen MR) is 65.9 cm³/mol. The van der Waals surface area contributed by atoms with Crippen molar-refractivity contribution < 1.29 is 8.42 Å². The zero-order valence-electron chi connectivity index (χ0n) is 10.4. The van der Waals surface area contributed by atoms with Crippen molar-refractivity contribution in [3.8, 4) is 0 Å². The van der Waals surface area contributed by atoms with Crippen LogP contribution in [0.15, 0.2) is 0 Å². The first kappa shape index (κ1) is 14.9. The van der Waals surface area contributed by atoms with E-state index in [9.17, 15) is 8.42 Å². The molecule has 0 saturated heterocycles. The zero-order valence-corrected chi connectivity index (χ0v) is 11.2. The van der Waals surface area contributed by atoms with Crippen LogP contribution in [-0.2, 0) is 9.84 Å². The van der Waals surface area contributed by atoms with Crippen molar-refractivity contribution >= 4 is 9.84 Å². The Hall–Kier alpha value is -0.0900. The van der Waals surface area contributed by atoms with Gasteiger partial charge in [0.05, 0.1) is 5.75 Å². The smallest absolute Gasteiger partial charge is 0.150 e. The Bertz CT molecular complexity index is 247. The minimum atomic E-state index is -2.76. The van der Waals surface area contributed by atoms with Gasteiger partial charge in [0.2, 0.25) is 0 Å². The van der Waals surface area contributed by atoms with Gasteiger partial charge in [0.25, 0.3) is 0 Å². The predicted octanol–water partition coefficient (Wildman–Crippen LogP) is 1.84. The van der Waals surface area contributed by atoms with Gasteiger partial charge in [-0.05, 0) is 25.8 Å². The molecule has 0 aromatic rings. The third-order valence-electron chi connectivity index (χ3n) is 2.84. The fraction of sp³-hybridized carbons (Fsp3) is 1.00. The van der Waals surface area contributed by atoms with Gasteiger partial charge >= 0.3 is 0 Å². The fourth-order valence-corrected chi connectivity index (χ4v) is 2.57. The summed E-state index contributed by atoms with van der Waals surface area (Å²) in [5.41, 5.74) is 0. The van der Waals surface area contributed by atoms with Gasteiger partial charge in [0, 0.05) is 11.8 Å². The summed E-state index contributed by atoms with van der Waals surface area (Å²) in [7, 11) is -0.799. The maximum Gasteiger partial charge on any atom is 0.150 e. The molecule has 4 heteroatoms. The number of rotatable bonds is 8. The van der Waals surface area contributed by atoms with Gasteiger partial charge in [-0.25, -0.2) is 8.42 Å². The number of unbranched alkanes of at least 4 members (excludes halogenated alkanes) is 1. The van der Waals surface area contributed by atoms with Crippen LogP contribution in [0.4, 0.5) is 0 Å². The summed E-state index contributed by atoms with van der Waals surface area (Å²) in [6.07, 6.45) is 2.84. The standard InChI is InChI=1S/C11H25NO2S/c1-5-15(13,14)9-7-6-8-11(12-4)10(2)3/h10-12H,5-9H2,1-4H3. The lowest BCUT2D eigenvalue weighted by Crippen LogP contribution is -2.30. The van der Waals surface area contributed by atoms with E-state index in [0.29, 0.717) is 17.7 Å². The van der Waals surface area contributed by atoms with Crippen LogP contribution in [0.3, 0.4) is 0 Å². The minimum Gasteiger partial charge on any atom is -0.317 e. The molecule has 1 atom stereocenters. The van der Waals surface area contributed by atoms with Gasteiger partial charge < -0.3 is 5.32 Å². The van der Waals surface area contributed by atoms with Crippen LogP contribution in [0.2, 0.25) is 0 Å². The molecule has 0 aliphatic heterocycles. The van der Waals surface area contributed by atoms with Gasteiger partial charge in [-0.2, -0.15) is 0 Å². The molecule has 0 aromatic carbocycles. The van der Waals surface area contributed by atoms with Crippen LogP contribution < -0.4 is 5.32 Å². The Balaban J connectivity index is 3.71. The number of sulfone groups is 1. The minimum absolute atomic E-state index is 0.270. The molecular formula is C11H25NO2S. The molecule has 0 rings (SSSR count). The molecule has 92 valence electrons. The highest BCUT2D eigenvalue weighted by atomic mass is 32.2. The maximum atomic E-state index is 11.2. The van der Waals surface area contributed by atoms with Crippen LogP contribution in [0.1, 0.15) is 40.0 Å². The normalized spacial score (nSPS) is 14.5. The molecule has 0 radical (unpaired) electrons. The van der Waals surface area contributed by atoms with Crippen LogP contribution >= 0.6 is 0 Å². The van der Waals surface area contributed by atoms with Crippen molar-refractivity contribution in [2.45, 2.75) is 46.1 Å². The van der Waals surface area contributed by atoms with Crippen LogP contribution in [-0.4, -0.2) is 33.0 Å². The number of nitrogens with one attached hydrogen (secondary N) is 1. The lowest BCUT2D eigenvalue weighted by molar-refractivity contribution is 0.392. The first-order valence-corrected chi connectivity index (χ1v) is 7.62. The lowest BCUT2D eigenvalue weighted by Gasteiger charge is -2.19. The van der Waals surface area contributed by atoms with Crippen molar-refractivity contribution in [1.82, 2.24) is 5.32 Å². The van der Waals surface area contributed by atoms with Crippen molar-refractivity contribution in [2.24, 2.45) is 5.92 Å². The Labute approximate surface area is 94.6 Å². The third kappa shape index (κ3) is 6.90. The quantitative estimate of drug-likeness (QED) is 0.653.